The van der Waals surface area contributed by atoms with Crippen LogP contribution in [0.2, 0.25) is 0 Å². The molecule has 0 bridgehead atoms. The molecule has 0 spiro atoms. The topological polar surface area (TPSA) is 35.8 Å². The van der Waals surface area contributed by atoms with E-state index < -0.39 is 0 Å². The maximum atomic E-state index is 8.61. The summed E-state index contributed by atoms with van der Waals surface area (Å²) in [5.41, 5.74) is 1.95. The molecule has 0 saturated carbocycles. The van der Waals surface area contributed by atoms with Crippen LogP contribution in [0, 0.1) is 11.3 Å². The highest BCUT2D eigenvalue weighted by Crippen LogP contribution is 2.02. The maximum absolute atomic E-state index is 8.61. The summed E-state index contributed by atoms with van der Waals surface area (Å²) in [5.74, 6) is 1.14. The highest BCUT2D eigenvalue weighted by molar-refractivity contribution is 7.98. The van der Waals surface area contributed by atoms with Crippen molar-refractivity contribution in [2.45, 2.75) is 6.54 Å². The van der Waals surface area contributed by atoms with Crippen molar-refractivity contribution in [3.63, 3.8) is 0 Å². The zero-order chi connectivity index (χ0) is 10.2. The van der Waals surface area contributed by atoms with Crippen LogP contribution in [0.5, 0.6) is 0 Å². The Bertz CT molecular complexity index is 300. The molecule has 0 atom stereocenters. The predicted octanol–water partition coefficient (Wildman–Crippen LogP) is 2.01. The Labute approximate surface area is 89.3 Å². The quantitative estimate of drug-likeness (QED) is 0.749. The molecule has 0 radical (unpaired) electrons. The Kier molecular flexibility index (Phi) is 5.13. The summed E-state index contributed by atoms with van der Waals surface area (Å²) >= 11 is 1.84. The van der Waals surface area contributed by atoms with Crippen LogP contribution in [0.25, 0.3) is 0 Å². The van der Waals surface area contributed by atoms with Gasteiger partial charge in [-0.3, -0.25) is 0 Å². The van der Waals surface area contributed by atoms with Crippen molar-refractivity contribution in [1.29, 1.82) is 5.26 Å². The largest absolute Gasteiger partial charge is 0.312 e. The Morgan fingerprint density at radius 1 is 1.36 bits per heavy atom. The second-order valence-electron chi connectivity index (χ2n) is 2.98. The highest BCUT2D eigenvalue weighted by atomic mass is 32.2. The van der Waals surface area contributed by atoms with Crippen molar-refractivity contribution in [2.24, 2.45) is 0 Å². The fraction of sp³-hybridized carbons (Fsp3) is 0.364. The third kappa shape index (κ3) is 3.82. The van der Waals surface area contributed by atoms with Gasteiger partial charge in [-0.05, 0) is 24.0 Å². The van der Waals surface area contributed by atoms with E-state index in [1.807, 2.05) is 36.0 Å². The van der Waals surface area contributed by atoms with Crippen LogP contribution in [-0.4, -0.2) is 18.6 Å². The Morgan fingerprint density at radius 3 is 2.64 bits per heavy atom. The molecule has 1 aromatic rings. The Hall–Kier alpha value is -0.980. The summed E-state index contributed by atoms with van der Waals surface area (Å²) in [5, 5.41) is 11.9. The van der Waals surface area contributed by atoms with Crippen molar-refractivity contribution in [3.05, 3.63) is 35.4 Å². The summed E-state index contributed by atoms with van der Waals surface area (Å²) in [4.78, 5) is 0. The Morgan fingerprint density at radius 2 is 2.07 bits per heavy atom. The number of benzene rings is 1. The van der Waals surface area contributed by atoms with Crippen molar-refractivity contribution in [2.75, 3.05) is 18.6 Å². The summed E-state index contributed by atoms with van der Waals surface area (Å²) in [6.07, 6.45) is 2.10. The molecule has 0 amide bonds. The summed E-state index contributed by atoms with van der Waals surface area (Å²) < 4.78 is 0. The fourth-order valence-corrected chi connectivity index (χ4v) is 1.45. The lowest BCUT2D eigenvalue weighted by atomic mass is 10.1. The van der Waals surface area contributed by atoms with Gasteiger partial charge in [0.2, 0.25) is 0 Å². The summed E-state index contributed by atoms with van der Waals surface area (Å²) in [6, 6.07) is 9.79. The molecule has 0 aliphatic rings. The lowest BCUT2D eigenvalue weighted by Gasteiger charge is -2.03. The third-order valence-corrected chi connectivity index (χ3v) is 2.51. The molecule has 0 unspecified atom stereocenters. The maximum Gasteiger partial charge on any atom is 0.0991 e. The minimum Gasteiger partial charge on any atom is -0.312 e. The normalized spacial score (nSPS) is 9.71. The number of nitriles is 1. The zero-order valence-electron chi connectivity index (χ0n) is 8.29. The monoisotopic (exact) mass is 206 g/mol. The van der Waals surface area contributed by atoms with Gasteiger partial charge in [0.05, 0.1) is 11.6 Å². The lowest BCUT2D eigenvalue weighted by Crippen LogP contribution is -2.16. The van der Waals surface area contributed by atoms with Crippen LogP contribution < -0.4 is 5.32 Å². The van der Waals surface area contributed by atoms with E-state index in [0.29, 0.717) is 0 Å². The number of thioether (sulfide) groups is 1. The van der Waals surface area contributed by atoms with E-state index in [4.69, 9.17) is 5.26 Å². The molecule has 1 aromatic carbocycles. The molecule has 0 heterocycles. The molecule has 1 rings (SSSR count). The number of hydrogen-bond acceptors (Lipinski definition) is 3. The molecule has 0 aliphatic carbocycles. The van der Waals surface area contributed by atoms with Crippen molar-refractivity contribution in [3.8, 4) is 6.07 Å². The fourth-order valence-electron chi connectivity index (χ4n) is 1.10. The van der Waals surface area contributed by atoms with Gasteiger partial charge >= 0.3 is 0 Å². The van der Waals surface area contributed by atoms with E-state index in [9.17, 15) is 0 Å². The molecule has 2 nitrogen and oxygen atoms in total. The number of hydrogen-bond donors (Lipinski definition) is 1. The first kappa shape index (κ1) is 11.1. The van der Waals surface area contributed by atoms with Crippen LogP contribution in [0.4, 0.5) is 0 Å². The average molecular weight is 206 g/mol. The number of rotatable bonds is 5. The first-order valence-corrected chi connectivity index (χ1v) is 5.95. The van der Waals surface area contributed by atoms with Gasteiger partial charge in [-0.15, -0.1) is 0 Å². The van der Waals surface area contributed by atoms with E-state index in [2.05, 4.69) is 17.6 Å². The standard InChI is InChI=1S/C11H14N2S/c1-14-7-6-13-9-11-4-2-10(8-12)3-5-11/h2-5,13H,6-7,9H2,1H3. The van der Waals surface area contributed by atoms with Crippen molar-refractivity contribution in [1.82, 2.24) is 5.32 Å². The van der Waals surface area contributed by atoms with Gasteiger partial charge in [-0.1, -0.05) is 12.1 Å². The van der Waals surface area contributed by atoms with E-state index in [0.717, 1.165) is 24.4 Å². The van der Waals surface area contributed by atoms with Crippen LogP contribution >= 0.6 is 11.8 Å². The van der Waals surface area contributed by atoms with Gasteiger partial charge in [0.1, 0.15) is 0 Å². The van der Waals surface area contributed by atoms with Gasteiger partial charge < -0.3 is 5.32 Å². The predicted molar refractivity (Wildman–Crippen MR) is 61.2 cm³/mol. The smallest absolute Gasteiger partial charge is 0.0991 e. The van der Waals surface area contributed by atoms with Gasteiger partial charge in [0.15, 0.2) is 0 Å². The first-order chi connectivity index (χ1) is 6.86. The second kappa shape index (κ2) is 6.47. The SMILES string of the molecule is CSCCNCc1ccc(C#N)cc1. The van der Waals surface area contributed by atoms with Crippen LogP contribution in [0.15, 0.2) is 24.3 Å². The van der Waals surface area contributed by atoms with E-state index in [-0.39, 0.29) is 0 Å². The van der Waals surface area contributed by atoms with Crippen molar-refractivity contribution >= 4 is 11.8 Å². The molecule has 0 fully saturated rings. The van der Waals surface area contributed by atoms with Gasteiger partial charge in [0, 0.05) is 18.8 Å². The molecule has 1 N–H and O–H groups in total. The average Bonchev–Trinajstić information content (AvgIpc) is 2.25. The number of nitrogens with one attached hydrogen (secondary N) is 1. The Balaban J connectivity index is 2.33. The van der Waals surface area contributed by atoms with Gasteiger partial charge in [-0.2, -0.15) is 17.0 Å². The molecule has 3 heteroatoms. The van der Waals surface area contributed by atoms with Gasteiger partial charge in [-0.25, -0.2) is 0 Å². The minimum atomic E-state index is 0.720. The van der Waals surface area contributed by atoms with E-state index >= 15 is 0 Å². The molecule has 0 aromatic heterocycles. The highest BCUT2D eigenvalue weighted by Gasteiger charge is 1.92. The molecule has 0 saturated heterocycles. The molecule has 14 heavy (non-hydrogen) atoms. The summed E-state index contributed by atoms with van der Waals surface area (Å²) in [6.45, 7) is 1.91. The molecule has 0 aliphatic heterocycles. The molecular formula is C11H14N2S. The second-order valence-corrected chi connectivity index (χ2v) is 3.96. The first-order valence-electron chi connectivity index (χ1n) is 4.55. The third-order valence-electron chi connectivity index (χ3n) is 1.90. The molecular weight excluding hydrogens is 192 g/mol. The lowest BCUT2D eigenvalue weighted by molar-refractivity contribution is 0.732. The zero-order valence-corrected chi connectivity index (χ0v) is 9.10. The van der Waals surface area contributed by atoms with Crippen LogP contribution in [0.3, 0.4) is 0 Å². The van der Waals surface area contributed by atoms with Gasteiger partial charge in [0.25, 0.3) is 0 Å². The number of nitrogens with zero attached hydrogens (tertiary/aromatic N) is 1. The van der Waals surface area contributed by atoms with E-state index in [1.54, 1.807) is 0 Å². The molecule has 74 valence electrons. The minimum absolute atomic E-state index is 0.720. The van der Waals surface area contributed by atoms with E-state index in [1.165, 1.54) is 5.56 Å². The van der Waals surface area contributed by atoms with Crippen LogP contribution in [0.1, 0.15) is 11.1 Å². The van der Waals surface area contributed by atoms with Crippen LogP contribution in [-0.2, 0) is 6.54 Å². The van der Waals surface area contributed by atoms with Crippen molar-refractivity contribution < 1.29 is 0 Å². The summed E-state index contributed by atoms with van der Waals surface area (Å²) in [7, 11) is 0.